The van der Waals surface area contributed by atoms with Crippen molar-refractivity contribution in [3.8, 4) is 0 Å². The van der Waals surface area contributed by atoms with Gasteiger partial charge in [0, 0.05) is 0 Å². The van der Waals surface area contributed by atoms with E-state index in [0.717, 1.165) is 23.3 Å². The Bertz CT molecular complexity index is 780. The highest BCUT2D eigenvalue weighted by atomic mass is 19.4. The van der Waals surface area contributed by atoms with Crippen molar-refractivity contribution in [1.29, 1.82) is 0 Å². The van der Waals surface area contributed by atoms with E-state index in [9.17, 15) is 26.3 Å². The van der Waals surface area contributed by atoms with E-state index in [1.165, 1.54) is 6.08 Å². The molecule has 6 heteroatoms. The van der Waals surface area contributed by atoms with Gasteiger partial charge in [-0.3, -0.25) is 0 Å². The molecule has 0 saturated heterocycles. The smallest absolute Gasteiger partial charge is 0.166 e. The molecule has 2 aromatic rings. The van der Waals surface area contributed by atoms with Gasteiger partial charge in [0.05, 0.1) is 11.1 Å². The summed E-state index contributed by atoms with van der Waals surface area (Å²) in [6, 6.07) is 9.52. The molecule has 1 aliphatic carbocycles. The van der Waals surface area contributed by atoms with Crippen molar-refractivity contribution in [2.45, 2.75) is 18.8 Å². The van der Waals surface area contributed by atoms with Crippen molar-refractivity contribution >= 4 is 11.6 Å². The summed E-state index contributed by atoms with van der Waals surface area (Å²) < 4.78 is 78.9. The molecule has 0 bridgehead atoms. The number of alkyl halides is 6. The highest BCUT2D eigenvalue weighted by Gasteiger charge is 2.45. The molecule has 3 rings (SSSR count). The Labute approximate surface area is 128 Å². The van der Waals surface area contributed by atoms with Crippen molar-refractivity contribution in [1.82, 2.24) is 0 Å². The second kappa shape index (κ2) is 5.15. The maximum Gasteiger partial charge on any atom is 0.417 e. The van der Waals surface area contributed by atoms with Gasteiger partial charge in [-0.15, -0.1) is 0 Å². The Kier molecular flexibility index (Phi) is 3.50. The molecule has 0 saturated carbocycles. The first-order valence-corrected chi connectivity index (χ1v) is 6.74. The van der Waals surface area contributed by atoms with Crippen LogP contribution in [-0.4, -0.2) is 0 Å². The molecule has 0 heterocycles. The van der Waals surface area contributed by atoms with Crippen LogP contribution in [0, 0.1) is 0 Å². The molecule has 0 nitrogen and oxygen atoms in total. The molecule has 0 aliphatic heterocycles. The predicted octanol–water partition coefficient (Wildman–Crippen LogP) is 5.82. The topological polar surface area (TPSA) is 0 Å². The Morgan fingerprint density at radius 3 is 2.04 bits per heavy atom. The minimum atomic E-state index is -5.09. The molecule has 120 valence electrons. The maximum absolute atomic E-state index is 13.3. The van der Waals surface area contributed by atoms with E-state index in [2.05, 4.69) is 0 Å². The lowest BCUT2D eigenvalue weighted by molar-refractivity contribution is -0.162. The van der Waals surface area contributed by atoms with E-state index in [1.54, 1.807) is 24.3 Å². The van der Waals surface area contributed by atoms with E-state index < -0.39 is 29.0 Å². The molecule has 0 amide bonds. The average molecular weight is 328 g/mol. The zero-order valence-electron chi connectivity index (χ0n) is 11.6. The minimum Gasteiger partial charge on any atom is -0.166 e. The fraction of sp³-hybridized carbons (Fsp3) is 0.176. The first-order chi connectivity index (χ1) is 10.7. The Morgan fingerprint density at radius 1 is 0.739 bits per heavy atom. The molecular formula is C17H10F6. The molecular weight excluding hydrogens is 318 g/mol. The van der Waals surface area contributed by atoms with Gasteiger partial charge in [-0.2, -0.15) is 26.3 Å². The molecule has 0 atom stereocenters. The third-order valence-electron chi connectivity index (χ3n) is 3.77. The van der Waals surface area contributed by atoms with E-state index in [4.69, 9.17) is 0 Å². The molecule has 0 unspecified atom stereocenters. The lowest BCUT2D eigenvalue weighted by atomic mass is 9.93. The number of benzene rings is 2. The quantitative estimate of drug-likeness (QED) is 0.579. The molecule has 1 aliphatic rings. The normalized spacial score (nSPS) is 14.6. The summed E-state index contributed by atoms with van der Waals surface area (Å²) in [6.45, 7) is 0. The molecule has 0 aromatic heterocycles. The van der Waals surface area contributed by atoms with Gasteiger partial charge in [-0.25, -0.2) is 0 Å². The summed E-state index contributed by atoms with van der Waals surface area (Å²) >= 11 is 0. The van der Waals surface area contributed by atoms with E-state index in [1.807, 2.05) is 0 Å². The fourth-order valence-electron chi connectivity index (χ4n) is 2.81. The van der Waals surface area contributed by atoms with Crippen molar-refractivity contribution in [3.63, 3.8) is 0 Å². The number of hydrogen-bond donors (Lipinski definition) is 0. The van der Waals surface area contributed by atoms with Crippen molar-refractivity contribution in [2.75, 3.05) is 0 Å². The van der Waals surface area contributed by atoms with Crippen LogP contribution in [0.15, 0.2) is 42.5 Å². The number of allylic oxidation sites excluding steroid dienone is 1. The minimum absolute atomic E-state index is 0.181. The number of fused-ring (bicyclic) bond motifs is 1. The SMILES string of the molecule is FC(F)(F)c1cccc(C2=Cc3ccccc3C2)c1C(F)(F)F. The van der Waals surface area contributed by atoms with E-state index in [0.29, 0.717) is 6.07 Å². The molecule has 0 fully saturated rings. The molecule has 0 radical (unpaired) electrons. The lowest BCUT2D eigenvalue weighted by Gasteiger charge is -2.19. The van der Waals surface area contributed by atoms with Gasteiger partial charge in [0.15, 0.2) is 0 Å². The lowest BCUT2D eigenvalue weighted by Crippen LogP contribution is -2.18. The van der Waals surface area contributed by atoms with Crippen LogP contribution >= 0.6 is 0 Å². The maximum atomic E-state index is 13.3. The monoisotopic (exact) mass is 328 g/mol. The molecule has 0 spiro atoms. The standard InChI is InChI=1S/C17H10F6/c18-16(19,20)14-7-3-6-13(15(14)17(21,22)23)12-8-10-4-1-2-5-11(10)9-12/h1-8H,9H2. The van der Waals surface area contributed by atoms with Crippen molar-refractivity contribution in [2.24, 2.45) is 0 Å². The summed E-state index contributed by atoms with van der Waals surface area (Å²) in [5, 5.41) is 0. The highest BCUT2D eigenvalue weighted by molar-refractivity contribution is 5.90. The van der Waals surface area contributed by atoms with Crippen LogP contribution in [0.5, 0.6) is 0 Å². The van der Waals surface area contributed by atoms with Crippen LogP contribution in [0.25, 0.3) is 11.6 Å². The van der Waals surface area contributed by atoms with Crippen LogP contribution in [0.3, 0.4) is 0 Å². The van der Waals surface area contributed by atoms with Gasteiger partial charge < -0.3 is 0 Å². The van der Waals surface area contributed by atoms with Crippen molar-refractivity contribution < 1.29 is 26.3 Å². The summed E-state index contributed by atoms with van der Waals surface area (Å²) in [5.41, 5.74) is -1.92. The summed E-state index contributed by atoms with van der Waals surface area (Å²) in [6.07, 6.45) is -8.45. The zero-order chi connectivity index (χ0) is 16.8. The second-order valence-electron chi connectivity index (χ2n) is 5.27. The third kappa shape index (κ3) is 2.85. The summed E-state index contributed by atoms with van der Waals surface area (Å²) in [7, 11) is 0. The van der Waals surface area contributed by atoms with E-state index >= 15 is 0 Å². The first kappa shape index (κ1) is 15.6. The fourth-order valence-corrected chi connectivity index (χ4v) is 2.81. The summed E-state index contributed by atoms with van der Waals surface area (Å²) in [5.74, 6) is 0. The van der Waals surface area contributed by atoms with Crippen LogP contribution in [-0.2, 0) is 18.8 Å². The van der Waals surface area contributed by atoms with Crippen LogP contribution in [0.2, 0.25) is 0 Å². The van der Waals surface area contributed by atoms with E-state index in [-0.39, 0.29) is 12.0 Å². The van der Waals surface area contributed by atoms with Crippen LogP contribution in [0.4, 0.5) is 26.3 Å². The number of rotatable bonds is 1. The van der Waals surface area contributed by atoms with Crippen molar-refractivity contribution in [3.05, 3.63) is 70.3 Å². The number of hydrogen-bond acceptors (Lipinski definition) is 0. The molecule has 0 N–H and O–H groups in total. The van der Waals surface area contributed by atoms with Gasteiger partial charge in [0.1, 0.15) is 0 Å². The molecule has 2 aromatic carbocycles. The van der Waals surface area contributed by atoms with Gasteiger partial charge in [-0.1, -0.05) is 42.5 Å². The Hall–Kier alpha value is -2.24. The largest absolute Gasteiger partial charge is 0.417 e. The molecule has 23 heavy (non-hydrogen) atoms. The zero-order valence-corrected chi connectivity index (χ0v) is 11.6. The Morgan fingerprint density at radius 2 is 1.43 bits per heavy atom. The van der Waals surface area contributed by atoms with Crippen LogP contribution in [0.1, 0.15) is 27.8 Å². The van der Waals surface area contributed by atoms with Crippen LogP contribution < -0.4 is 0 Å². The second-order valence-corrected chi connectivity index (χ2v) is 5.27. The average Bonchev–Trinajstić information content (AvgIpc) is 2.88. The third-order valence-corrected chi connectivity index (χ3v) is 3.77. The number of halogens is 6. The highest BCUT2D eigenvalue weighted by Crippen LogP contribution is 2.45. The predicted molar refractivity (Wildman–Crippen MR) is 74.5 cm³/mol. The van der Waals surface area contributed by atoms with Gasteiger partial charge in [0.2, 0.25) is 0 Å². The Balaban J connectivity index is 2.19. The van der Waals surface area contributed by atoms with Gasteiger partial charge >= 0.3 is 12.4 Å². The van der Waals surface area contributed by atoms with Gasteiger partial charge in [-0.05, 0) is 34.8 Å². The first-order valence-electron chi connectivity index (χ1n) is 6.74. The van der Waals surface area contributed by atoms with Gasteiger partial charge in [0.25, 0.3) is 0 Å². The summed E-state index contributed by atoms with van der Waals surface area (Å²) in [4.78, 5) is 0.